The third kappa shape index (κ3) is 3.13. The molecule has 1 atom stereocenters. The molecule has 2 rings (SSSR count). The van der Waals surface area contributed by atoms with E-state index in [1.54, 1.807) is 0 Å². The van der Waals surface area contributed by atoms with Crippen LogP contribution in [0.5, 0.6) is 0 Å². The Balaban J connectivity index is 1.91. The van der Waals surface area contributed by atoms with Crippen molar-refractivity contribution in [2.45, 2.75) is 18.9 Å². The van der Waals surface area contributed by atoms with E-state index < -0.39 is 12.0 Å². The third-order valence-corrected chi connectivity index (χ3v) is 3.71. The van der Waals surface area contributed by atoms with Crippen molar-refractivity contribution in [1.82, 2.24) is 9.88 Å². The minimum Gasteiger partial charge on any atom is -0.459 e. The fourth-order valence-corrected chi connectivity index (χ4v) is 2.38. The summed E-state index contributed by atoms with van der Waals surface area (Å²) in [5.74, 6) is -0.565. The minimum absolute atomic E-state index is 0.107. The lowest BCUT2D eigenvalue weighted by Gasteiger charge is -2.21. The second kappa shape index (κ2) is 5.71. The van der Waals surface area contributed by atoms with E-state index in [0.29, 0.717) is 6.54 Å². The molecule has 3 N–H and O–H groups in total. The molecule has 6 nitrogen and oxygen atoms in total. The molecule has 2 amide bonds. The Kier molecular flexibility index (Phi) is 4.21. The van der Waals surface area contributed by atoms with Crippen molar-refractivity contribution < 1.29 is 14.3 Å². The van der Waals surface area contributed by atoms with E-state index in [-0.39, 0.29) is 28.5 Å². The molecule has 1 aromatic heterocycles. The first-order valence-corrected chi connectivity index (χ1v) is 6.52. The number of nitrogens with one attached hydrogen (secondary N) is 1. The number of aromatic amines is 1. The van der Waals surface area contributed by atoms with E-state index in [4.69, 9.17) is 33.7 Å². The van der Waals surface area contributed by atoms with Crippen molar-refractivity contribution in [3.05, 3.63) is 21.9 Å². The molecule has 1 saturated heterocycles. The molecule has 19 heavy (non-hydrogen) atoms. The molecule has 1 fully saturated rings. The van der Waals surface area contributed by atoms with E-state index in [2.05, 4.69) is 4.98 Å². The molecule has 104 valence electrons. The van der Waals surface area contributed by atoms with Crippen LogP contribution in [-0.4, -0.2) is 41.1 Å². The molecule has 0 saturated carbocycles. The third-order valence-electron chi connectivity index (χ3n) is 3.01. The highest BCUT2D eigenvalue weighted by Crippen LogP contribution is 2.23. The predicted octanol–water partition coefficient (Wildman–Crippen LogP) is 2.02. The van der Waals surface area contributed by atoms with Gasteiger partial charge in [-0.1, -0.05) is 23.2 Å². The largest absolute Gasteiger partial charge is 0.459 e. The molecule has 0 radical (unpaired) electrons. The Morgan fingerprint density at radius 2 is 2.26 bits per heavy atom. The van der Waals surface area contributed by atoms with Crippen molar-refractivity contribution >= 4 is 35.2 Å². The zero-order valence-electron chi connectivity index (χ0n) is 9.99. The van der Waals surface area contributed by atoms with E-state index >= 15 is 0 Å². The number of rotatable bonds is 3. The summed E-state index contributed by atoms with van der Waals surface area (Å²) in [5.41, 5.74) is 5.41. The molecule has 0 bridgehead atoms. The number of aromatic nitrogens is 1. The highest BCUT2D eigenvalue weighted by molar-refractivity contribution is 6.41. The average molecular weight is 306 g/mol. The first kappa shape index (κ1) is 14.0. The van der Waals surface area contributed by atoms with Crippen LogP contribution in [0.2, 0.25) is 10.2 Å². The molecule has 1 unspecified atom stereocenters. The van der Waals surface area contributed by atoms with Crippen LogP contribution in [0.3, 0.4) is 0 Å². The molecule has 0 aliphatic carbocycles. The fourth-order valence-electron chi connectivity index (χ4n) is 2.06. The normalized spacial score (nSPS) is 18.6. The van der Waals surface area contributed by atoms with Crippen molar-refractivity contribution in [3.8, 4) is 0 Å². The van der Waals surface area contributed by atoms with Gasteiger partial charge in [-0.2, -0.15) is 0 Å². The number of ether oxygens (including phenoxy) is 1. The monoisotopic (exact) mass is 305 g/mol. The maximum absolute atomic E-state index is 11.7. The van der Waals surface area contributed by atoms with E-state index in [1.165, 1.54) is 11.0 Å². The maximum atomic E-state index is 11.7. The number of likely N-dealkylation sites (tertiary alicyclic amines) is 1. The lowest BCUT2D eigenvalue weighted by Crippen LogP contribution is -2.42. The van der Waals surface area contributed by atoms with E-state index in [9.17, 15) is 9.59 Å². The van der Waals surface area contributed by atoms with Crippen LogP contribution in [0, 0.1) is 0 Å². The summed E-state index contributed by atoms with van der Waals surface area (Å²) in [5, 5.41) is 0.446. The fraction of sp³-hybridized carbons (Fsp3) is 0.455. The smallest absolute Gasteiger partial charge is 0.354 e. The summed E-state index contributed by atoms with van der Waals surface area (Å²) in [6.07, 6.45) is 1.62. The zero-order valence-corrected chi connectivity index (χ0v) is 11.5. The minimum atomic E-state index is -0.565. The number of primary amides is 1. The van der Waals surface area contributed by atoms with Gasteiger partial charge in [0.05, 0.1) is 11.1 Å². The van der Waals surface area contributed by atoms with E-state index in [1.807, 2.05) is 0 Å². The van der Waals surface area contributed by atoms with E-state index in [0.717, 1.165) is 12.8 Å². The van der Waals surface area contributed by atoms with Crippen LogP contribution in [0.15, 0.2) is 6.07 Å². The van der Waals surface area contributed by atoms with Gasteiger partial charge < -0.3 is 20.4 Å². The van der Waals surface area contributed by atoms with Gasteiger partial charge in [-0.25, -0.2) is 9.59 Å². The number of carbonyl (C=O) groups excluding carboxylic acids is 2. The van der Waals surface area contributed by atoms with Gasteiger partial charge in [-0.3, -0.25) is 0 Å². The van der Waals surface area contributed by atoms with Crippen molar-refractivity contribution in [2.75, 3.05) is 13.2 Å². The quantitative estimate of drug-likeness (QED) is 0.837. The van der Waals surface area contributed by atoms with Gasteiger partial charge in [0, 0.05) is 6.54 Å². The molecule has 0 aromatic carbocycles. The first-order chi connectivity index (χ1) is 8.99. The van der Waals surface area contributed by atoms with Crippen LogP contribution in [0.4, 0.5) is 4.79 Å². The Morgan fingerprint density at radius 1 is 1.53 bits per heavy atom. The number of esters is 1. The highest BCUT2D eigenvalue weighted by atomic mass is 35.5. The SMILES string of the molecule is NC(=O)N1CCCC1COC(=O)c1cc(Cl)c(Cl)[nH]1. The number of halogens is 2. The van der Waals surface area contributed by atoms with Crippen LogP contribution < -0.4 is 5.73 Å². The number of H-pyrrole nitrogens is 1. The van der Waals surface area contributed by atoms with Gasteiger partial charge in [0.25, 0.3) is 0 Å². The summed E-state index contributed by atoms with van der Waals surface area (Å²) in [4.78, 5) is 27.0. The molecule has 1 aliphatic rings. The van der Waals surface area contributed by atoms with Gasteiger partial charge in [-0.05, 0) is 18.9 Å². The number of urea groups is 1. The zero-order chi connectivity index (χ0) is 14.0. The number of hydrogen-bond donors (Lipinski definition) is 2. The topological polar surface area (TPSA) is 88.4 Å². The Bertz CT molecular complexity index is 484. The maximum Gasteiger partial charge on any atom is 0.354 e. The second-order valence-electron chi connectivity index (χ2n) is 4.27. The van der Waals surface area contributed by atoms with Crippen molar-refractivity contribution in [3.63, 3.8) is 0 Å². The lowest BCUT2D eigenvalue weighted by molar-refractivity contribution is 0.0416. The number of nitrogens with two attached hydrogens (primary N) is 1. The molecule has 2 heterocycles. The van der Waals surface area contributed by atoms with Crippen molar-refractivity contribution in [1.29, 1.82) is 0 Å². The summed E-state index contributed by atoms with van der Waals surface area (Å²) in [6, 6.07) is 0.735. The Labute approximate surface area is 119 Å². The Hall–Kier alpha value is -1.40. The number of carbonyl (C=O) groups is 2. The molecule has 1 aliphatic heterocycles. The van der Waals surface area contributed by atoms with Gasteiger partial charge in [0.2, 0.25) is 0 Å². The Morgan fingerprint density at radius 3 is 2.84 bits per heavy atom. The second-order valence-corrected chi connectivity index (χ2v) is 5.06. The highest BCUT2D eigenvalue weighted by Gasteiger charge is 2.28. The van der Waals surface area contributed by atoms with Gasteiger partial charge >= 0.3 is 12.0 Å². The van der Waals surface area contributed by atoms with Crippen LogP contribution in [0.1, 0.15) is 23.3 Å². The van der Waals surface area contributed by atoms with Crippen LogP contribution in [0.25, 0.3) is 0 Å². The lowest BCUT2D eigenvalue weighted by atomic mass is 10.2. The molecular formula is C11H13Cl2N3O3. The standard InChI is InChI=1S/C11H13Cl2N3O3/c12-7-4-8(15-9(7)13)10(17)19-5-6-2-1-3-16(6)11(14)18/h4,6,15H,1-3,5H2,(H2,14,18). The summed E-state index contributed by atoms with van der Waals surface area (Å²) < 4.78 is 5.12. The van der Waals surface area contributed by atoms with Gasteiger partial charge in [-0.15, -0.1) is 0 Å². The van der Waals surface area contributed by atoms with Crippen LogP contribution >= 0.6 is 23.2 Å². The summed E-state index contributed by atoms with van der Waals surface area (Å²) in [6.45, 7) is 0.702. The van der Waals surface area contributed by atoms with Gasteiger partial charge in [0.1, 0.15) is 17.5 Å². The molecule has 8 heteroatoms. The number of amides is 2. The molecule has 0 spiro atoms. The first-order valence-electron chi connectivity index (χ1n) is 5.76. The molecule has 1 aromatic rings. The van der Waals surface area contributed by atoms with Crippen molar-refractivity contribution in [2.24, 2.45) is 5.73 Å². The van der Waals surface area contributed by atoms with Crippen LogP contribution in [-0.2, 0) is 4.74 Å². The summed E-state index contributed by atoms with van der Waals surface area (Å²) >= 11 is 11.4. The van der Waals surface area contributed by atoms with Gasteiger partial charge in [0.15, 0.2) is 0 Å². The molecular weight excluding hydrogens is 293 g/mol. The predicted molar refractivity (Wildman–Crippen MR) is 70.4 cm³/mol. The summed E-state index contributed by atoms with van der Waals surface area (Å²) in [7, 11) is 0. The average Bonchev–Trinajstić information content (AvgIpc) is 2.94. The number of nitrogens with zero attached hydrogens (tertiary/aromatic N) is 1. The number of hydrogen-bond acceptors (Lipinski definition) is 3.